The number of nitrogens with one attached hydrogen (secondary N) is 1. The van der Waals surface area contributed by atoms with Crippen LogP contribution in [0.15, 0.2) is 18.2 Å². The van der Waals surface area contributed by atoms with Crippen LogP contribution in [-0.2, 0) is 4.74 Å². The molecule has 3 N–H and O–H groups in total. The fourth-order valence-electron chi connectivity index (χ4n) is 1.93. The number of rotatable bonds is 7. The summed E-state index contributed by atoms with van der Waals surface area (Å²) in [7, 11) is 3.38. The molecule has 0 radical (unpaired) electrons. The van der Waals surface area contributed by atoms with E-state index in [1.807, 2.05) is 12.1 Å². The molecule has 0 aliphatic heterocycles. The first-order valence-corrected chi connectivity index (χ1v) is 5.82. The van der Waals surface area contributed by atoms with E-state index >= 15 is 0 Å². The van der Waals surface area contributed by atoms with E-state index in [4.69, 9.17) is 15.3 Å². The number of hydrazine groups is 1. The summed E-state index contributed by atoms with van der Waals surface area (Å²) in [6.45, 7) is 2.83. The molecule has 1 unspecified atom stereocenters. The van der Waals surface area contributed by atoms with Crippen molar-refractivity contribution in [3.63, 3.8) is 0 Å². The minimum Gasteiger partial charge on any atom is -0.497 e. The lowest BCUT2D eigenvalue weighted by atomic mass is 9.98. The molecule has 0 saturated carbocycles. The fraction of sp³-hybridized carbons (Fsp3) is 0.538. The van der Waals surface area contributed by atoms with Crippen LogP contribution < -0.4 is 16.0 Å². The van der Waals surface area contributed by atoms with Crippen molar-refractivity contribution in [3.05, 3.63) is 29.3 Å². The van der Waals surface area contributed by atoms with E-state index in [1.54, 1.807) is 14.2 Å². The SMILES string of the molecule is COCCCC(NN)c1ccc(OC)cc1C. The zero-order valence-electron chi connectivity index (χ0n) is 10.8. The van der Waals surface area contributed by atoms with Crippen LogP contribution in [0, 0.1) is 6.92 Å². The molecule has 4 heteroatoms. The largest absolute Gasteiger partial charge is 0.497 e. The second kappa shape index (κ2) is 7.27. The van der Waals surface area contributed by atoms with Gasteiger partial charge in [-0.1, -0.05) is 6.07 Å². The summed E-state index contributed by atoms with van der Waals surface area (Å²) in [6.07, 6.45) is 1.94. The Morgan fingerprint density at radius 3 is 2.65 bits per heavy atom. The van der Waals surface area contributed by atoms with Gasteiger partial charge in [-0.25, -0.2) is 0 Å². The minimum absolute atomic E-state index is 0.163. The van der Waals surface area contributed by atoms with Gasteiger partial charge in [0.25, 0.3) is 0 Å². The van der Waals surface area contributed by atoms with E-state index in [0.29, 0.717) is 0 Å². The van der Waals surface area contributed by atoms with Crippen molar-refractivity contribution in [2.45, 2.75) is 25.8 Å². The molecule has 0 aromatic heterocycles. The number of ether oxygens (including phenoxy) is 2. The van der Waals surface area contributed by atoms with Crippen LogP contribution in [0.25, 0.3) is 0 Å². The number of aryl methyl sites for hydroxylation is 1. The lowest BCUT2D eigenvalue weighted by Crippen LogP contribution is -2.28. The highest BCUT2D eigenvalue weighted by Gasteiger charge is 2.12. The minimum atomic E-state index is 0.163. The van der Waals surface area contributed by atoms with E-state index in [1.165, 1.54) is 11.1 Å². The van der Waals surface area contributed by atoms with Gasteiger partial charge in [0.2, 0.25) is 0 Å². The smallest absolute Gasteiger partial charge is 0.119 e. The standard InChI is InChI=1S/C13H22N2O2/c1-10-9-11(17-3)6-7-12(10)13(15-14)5-4-8-16-2/h6-7,9,13,15H,4-5,8,14H2,1-3H3. The third kappa shape index (κ3) is 4.00. The molecule has 1 atom stereocenters. The second-order valence-corrected chi connectivity index (χ2v) is 4.08. The summed E-state index contributed by atoms with van der Waals surface area (Å²) >= 11 is 0. The molecule has 1 rings (SSSR count). The summed E-state index contributed by atoms with van der Waals surface area (Å²) in [5.41, 5.74) is 5.26. The Bertz CT molecular complexity index is 342. The van der Waals surface area contributed by atoms with Crippen LogP contribution in [0.4, 0.5) is 0 Å². The molecule has 0 aliphatic carbocycles. The Labute approximate surface area is 103 Å². The highest BCUT2D eigenvalue weighted by molar-refractivity contribution is 5.36. The van der Waals surface area contributed by atoms with Gasteiger partial charge < -0.3 is 9.47 Å². The molecule has 0 fully saturated rings. The van der Waals surface area contributed by atoms with Crippen LogP contribution in [0.5, 0.6) is 5.75 Å². The predicted octanol–water partition coefficient (Wildman–Crippen LogP) is 1.93. The van der Waals surface area contributed by atoms with Crippen LogP contribution in [-0.4, -0.2) is 20.8 Å². The van der Waals surface area contributed by atoms with Gasteiger partial charge in [-0.3, -0.25) is 11.3 Å². The Kier molecular flexibility index (Phi) is 5.97. The molecular weight excluding hydrogens is 216 g/mol. The number of methoxy groups -OCH3 is 2. The molecule has 0 amide bonds. The normalized spacial score (nSPS) is 12.5. The maximum atomic E-state index is 5.60. The maximum absolute atomic E-state index is 5.60. The van der Waals surface area contributed by atoms with E-state index in [9.17, 15) is 0 Å². The van der Waals surface area contributed by atoms with Crippen LogP contribution in [0.3, 0.4) is 0 Å². The summed E-state index contributed by atoms with van der Waals surface area (Å²) in [5, 5.41) is 0. The van der Waals surface area contributed by atoms with Crippen LogP contribution in [0.1, 0.15) is 30.0 Å². The van der Waals surface area contributed by atoms with Crippen LogP contribution in [0.2, 0.25) is 0 Å². The zero-order valence-corrected chi connectivity index (χ0v) is 10.8. The molecule has 0 spiro atoms. The van der Waals surface area contributed by atoms with Gasteiger partial charge in [-0.2, -0.15) is 0 Å². The van der Waals surface area contributed by atoms with Gasteiger partial charge in [0.15, 0.2) is 0 Å². The highest BCUT2D eigenvalue weighted by Crippen LogP contribution is 2.24. The molecule has 0 bridgehead atoms. The Morgan fingerprint density at radius 2 is 2.12 bits per heavy atom. The average molecular weight is 238 g/mol. The van der Waals surface area contributed by atoms with Gasteiger partial charge >= 0.3 is 0 Å². The highest BCUT2D eigenvalue weighted by atomic mass is 16.5. The molecule has 1 aromatic rings. The number of benzene rings is 1. The van der Waals surface area contributed by atoms with Gasteiger partial charge in [-0.15, -0.1) is 0 Å². The van der Waals surface area contributed by atoms with Crippen molar-refractivity contribution in [1.82, 2.24) is 5.43 Å². The summed E-state index contributed by atoms with van der Waals surface area (Å²) < 4.78 is 10.2. The number of hydrogen-bond donors (Lipinski definition) is 2. The maximum Gasteiger partial charge on any atom is 0.119 e. The molecule has 1 aromatic carbocycles. The first-order valence-electron chi connectivity index (χ1n) is 5.82. The van der Waals surface area contributed by atoms with Gasteiger partial charge in [0.1, 0.15) is 5.75 Å². The first-order chi connectivity index (χ1) is 8.22. The van der Waals surface area contributed by atoms with Crippen molar-refractivity contribution in [2.75, 3.05) is 20.8 Å². The summed E-state index contributed by atoms with van der Waals surface area (Å²) in [5.74, 6) is 6.48. The lowest BCUT2D eigenvalue weighted by Gasteiger charge is -2.19. The van der Waals surface area contributed by atoms with Crippen molar-refractivity contribution in [2.24, 2.45) is 5.84 Å². The molecule has 17 heavy (non-hydrogen) atoms. The van der Waals surface area contributed by atoms with Gasteiger partial charge in [0.05, 0.1) is 7.11 Å². The Balaban J connectivity index is 2.73. The number of nitrogens with two attached hydrogens (primary N) is 1. The second-order valence-electron chi connectivity index (χ2n) is 4.08. The quantitative estimate of drug-likeness (QED) is 0.433. The van der Waals surface area contributed by atoms with E-state index in [0.717, 1.165) is 25.2 Å². The monoisotopic (exact) mass is 238 g/mol. The van der Waals surface area contributed by atoms with E-state index in [2.05, 4.69) is 18.4 Å². The van der Waals surface area contributed by atoms with E-state index < -0.39 is 0 Å². The van der Waals surface area contributed by atoms with E-state index in [-0.39, 0.29) is 6.04 Å². The molecule has 0 heterocycles. The van der Waals surface area contributed by atoms with Crippen molar-refractivity contribution >= 4 is 0 Å². The molecule has 4 nitrogen and oxygen atoms in total. The first kappa shape index (κ1) is 14.0. The molecule has 96 valence electrons. The Hall–Kier alpha value is -1.10. The van der Waals surface area contributed by atoms with Gasteiger partial charge in [-0.05, 0) is 43.0 Å². The van der Waals surface area contributed by atoms with Crippen molar-refractivity contribution in [3.8, 4) is 5.75 Å². The summed E-state index contributed by atoms with van der Waals surface area (Å²) in [6, 6.07) is 6.21. The molecular formula is C13H22N2O2. The average Bonchev–Trinajstić information content (AvgIpc) is 2.35. The third-order valence-corrected chi connectivity index (χ3v) is 2.89. The zero-order chi connectivity index (χ0) is 12.7. The van der Waals surface area contributed by atoms with Gasteiger partial charge in [0, 0.05) is 19.8 Å². The number of hydrogen-bond acceptors (Lipinski definition) is 4. The predicted molar refractivity (Wildman–Crippen MR) is 68.9 cm³/mol. The van der Waals surface area contributed by atoms with Crippen molar-refractivity contribution < 1.29 is 9.47 Å². The fourth-order valence-corrected chi connectivity index (χ4v) is 1.93. The lowest BCUT2D eigenvalue weighted by molar-refractivity contribution is 0.188. The topological polar surface area (TPSA) is 56.5 Å². The Morgan fingerprint density at radius 1 is 1.35 bits per heavy atom. The molecule has 0 saturated heterocycles. The summed E-state index contributed by atoms with van der Waals surface area (Å²) in [4.78, 5) is 0. The van der Waals surface area contributed by atoms with Crippen molar-refractivity contribution in [1.29, 1.82) is 0 Å². The molecule has 0 aliphatic rings. The third-order valence-electron chi connectivity index (χ3n) is 2.89. The van der Waals surface area contributed by atoms with Crippen LogP contribution >= 0.6 is 0 Å².